The Kier molecular flexibility index (Phi) is 0.704. The van der Waals surface area contributed by atoms with E-state index in [-0.39, 0.29) is 5.41 Å². The highest BCUT2D eigenvalue weighted by Gasteiger charge is 2.64. The lowest BCUT2D eigenvalue weighted by Gasteiger charge is -2.17. The number of fused-ring (bicyclic) bond motifs is 3. The van der Waals surface area contributed by atoms with Crippen molar-refractivity contribution in [2.75, 3.05) is 0 Å². The van der Waals surface area contributed by atoms with Gasteiger partial charge >= 0.3 is 0 Å². The van der Waals surface area contributed by atoms with Crippen molar-refractivity contribution in [2.45, 2.75) is 32.1 Å². The quantitative estimate of drug-likeness (QED) is 0.496. The Morgan fingerprint density at radius 3 is 2.50 bits per heavy atom. The predicted molar refractivity (Wildman–Crippen MR) is 37.5 cm³/mol. The summed E-state index contributed by atoms with van der Waals surface area (Å²) in [6.45, 7) is 0. The molecule has 0 aromatic rings. The topological polar surface area (TPSA) is 17.1 Å². The van der Waals surface area contributed by atoms with Gasteiger partial charge in [-0.05, 0) is 31.1 Å². The van der Waals surface area contributed by atoms with Gasteiger partial charge in [-0.3, -0.25) is 4.79 Å². The maximum Gasteiger partial charge on any atom is 0.140 e. The summed E-state index contributed by atoms with van der Waals surface area (Å²) >= 11 is 0. The molecule has 54 valence electrons. The summed E-state index contributed by atoms with van der Waals surface area (Å²) in [5, 5.41) is 0. The molecule has 0 aromatic carbocycles. The van der Waals surface area contributed by atoms with Gasteiger partial charge in [0, 0.05) is 11.8 Å². The molecule has 0 N–H and O–H groups in total. The number of ketones is 1. The molecule has 0 amide bonds. The average Bonchev–Trinajstić information content (AvgIpc) is 2.31. The Labute approximate surface area is 60.8 Å². The van der Waals surface area contributed by atoms with Gasteiger partial charge in [0.2, 0.25) is 0 Å². The van der Waals surface area contributed by atoms with Crippen molar-refractivity contribution < 1.29 is 4.79 Å². The maximum atomic E-state index is 11.1. The van der Waals surface area contributed by atoms with E-state index in [1.54, 1.807) is 0 Å². The molecule has 0 heterocycles. The monoisotopic (exact) mass is 136 g/mol. The number of rotatable bonds is 0. The van der Waals surface area contributed by atoms with Gasteiger partial charge in [0.1, 0.15) is 5.78 Å². The summed E-state index contributed by atoms with van der Waals surface area (Å²) in [6.07, 6.45) is 6.35. The van der Waals surface area contributed by atoms with Gasteiger partial charge < -0.3 is 0 Å². The summed E-state index contributed by atoms with van der Waals surface area (Å²) in [5.41, 5.74) is 0.281. The van der Waals surface area contributed by atoms with E-state index in [1.807, 2.05) is 0 Å². The first-order chi connectivity index (χ1) is 4.81. The highest BCUT2D eigenvalue weighted by atomic mass is 16.1. The Hall–Kier alpha value is -0.330. The molecule has 3 aliphatic carbocycles. The second-order valence-corrected chi connectivity index (χ2v) is 4.34. The molecule has 0 radical (unpaired) electrons. The van der Waals surface area contributed by atoms with Gasteiger partial charge in [0.25, 0.3) is 0 Å². The molecule has 1 heteroatoms. The van der Waals surface area contributed by atoms with Crippen LogP contribution >= 0.6 is 0 Å². The van der Waals surface area contributed by atoms with E-state index >= 15 is 0 Å². The van der Waals surface area contributed by atoms with E-state index in [9.17, 15) is 4.79 Å². The molecule has 1 nitrogen and oxygen atoms in total. The fourth-order valence-electron chi connectivity index (χ4n) is 3.24. The molecule has 0 saturated heterocycles. The van der Waals surface area contributed by atoms with Crippen LogP contribution in [0.2, 0.25) is 0 Å². The van der Waals surface area contributed by atoms with Crippen molar-refractivity contribution in [1.29, 1.82) is 0 Å². The Bertz CT molecular complexity index is 209. The lowest BCUT2D eigenvalue weighted by atomic mass is 9.86. The van der Waals surface area contributed by atoms with Crippen molar-refractivity contribution in [3.63, 3.8) is 0 Å². The molecule has 0 aliphatic heterocycles. The predicted octanol–water partition coefficient (Wildman–Crippen LogP) is 1.77. The van der Waals surface area contributed by atoms with Gasteiger partial charge in [-0.25, -0.2) is 0 Å². The van der Waals surface area contributed by atoms with Gasteiger partial charge in [0.15, 0.2) is 0 Å². The summed E-state index contributed by atoms with van der Waals surface area (Å²) in [6, 6.07) is 0. The van der Waals surface area contributed by atoms with E-state index in [1.165, 1.54) is 25.7 Å². The van der Waals surface area contributed by atoms with Crippen LogP contribution in [0.15, 0.2) is 0 Å². The van der Waals surface area contributed by atoms with Crippen molar-refractivity contribution in [2.24, 2.45) is 17.3 Å². The third-order valence-electron chi connectivity index (χ3n) is 3.88. The van der Waals surface area contributed by atoms with Crippen LogP contribution in [0.4, 0.5) is 0 Å². The average molecular weight is 136 g/mol. The van der Waals surface area contributed by atoms with Crippen LogP contribution < -0.4 is 0 Å². The van der Waals surface area contributed by atoms with Crippen molar-refractivity contribution in [3.05, 3.63) is 0 Å². The minimum atomic E-state index is 0.281. The summed E-state index contributed by atoms with van der Waals surface area (Å²) in [5.74, 6) is 2.35. The fraction of sp³-hybridized carbons (Fsp3) is 0.889. The molecule has 3 aliphatic rings. The lowest BCUT2D eigenvalue weighted by Crippen LogP contribution is -2.13. The minimum Gasteiger partial charge on any atom is -0.299 e. The zero-order valence-electron chi connectivity index (χ0n) is 6.10. The Morgan fingerprint density at radius 1 is 1.40 bits per heavy atom. The van der Waals surface area contributed by atoms with Gasteiger partial charge in [0.05, 0.1) is 0 Å². The summed E-state index contributed by atoms with van der Waals surface area (Å²) < 4.78 is 0. The van der Waals surface area contributed by atoms with Crippen molar-refractivity contribution in [1.82, 2.24) is 0 Å². The zero-order chi connectivity index (χ0) is 6.77. The maximum absolute atomic E-state index is 11.1. The molecular formula is C9H12O. The van der Waals surface area contributed by atoms with Crippen LogP contribution in [0.3, 0.4) is 0 Å². The molecule has 3 fully saturated rings. The first-order valence-corrected chi connectivity index (χ1v) is 4.34. The van der Waals surface area contributed by atoms with E-state index in [0.29, 0.717) is 5.78 Å². The fourth-order valence-corrected chi connectivity index (χ4v) is 3.24. The standard InChI is InChI=1S/C9H12O/c10-8-5-9(8)4-6-1-2-7(9)3-6/h6-7H,1-5H2/t6?,7?,9-/m1/s1. The minimum absolute atomic E-state index is 0.281. The molecule has 3 rings (SSSR count). The number of hydrogen-bond donors (Lipinski definition) is 0. The third-order valence-corrected chi connectivity index (χ3v) is 3.88. The molecule has 2 unspecified atom stereocenters. The smallest absolute Gasteiger partial charge is 0.140 e. The molecule has 2 bridgehead atoms. The van der Waals surface area contributed by atoms with E-state index in [2.05, 4.69) is 0 Å². The van der Waals surface area contributed by atoms with E-state index in [4.69, 9.17) is 0 Å². The molecule has 0 aromatic heterocycles. The molecule has 3 saturated carbocycles. The summed E-state index contributed by atoms with van der Waals surface area (Å²) in [7, 11) is 0. The van der Waals surface area contributed by atoms with Crippen molar-refractivity contribution in [3.8, 4) is 0 Å². The molecular weight excluding hydrogens is 124 g/mol. The lowest BCUT2D eigenvalue weighted by molar-refractivity contribution is -0.113. The first-order valence-electron chi connectivity index (χ1n) is 4.34. The van der Waals surface area contributed by atoms with Crippen LogP contribution in [0.5, 0.6) is 0 Å². The first kappa shape index (κ1) is 5.34. The van der Waals surface area contributed by atoms with E-state index in [0.717, 1.165) is 18.3 Å². The highest BCUT2D eigenvalue weighted by molar-refractivity contribution is 6.01. The number of carbonyl (C=O) groups is 1. The van der Waals surface area contributed by atoms with Gasteiger partial charge in [-0.2, -0.15) is 0 Å². The molecule has 3 atom stereocenters. The van der Waals surface area contributed by atoms with Crippen LogP contribution in [0.1, 0.15) is 32.1 Å². The van der Waals surface area contributed by atoms with Crippen LogP contribution in [-0.4, -0.2) is 5.78 Å². The summed E-state index contributed by atoms with van der Waals surface area (Å²) in [4.78, 5) is 11.1. The van der Waals surface area contributed by atoms with Crippen molar-refractivity contribution >= 4 is 5.78 Å². The largest absolute Gasteiger partial charge is 0.299 e. The van der Waals surface area contributed by atoms with Crippen LogP contribution in [-0.2, 0) is 4.79 Å². The number of hydrogen-bond acceptors (Lipinski definition) is 1. The highest BCUT2D eigenvalue weighted by Crippen LogP contribution is 2.65. The normalized spacial score (nSPS) is 56.6. The second-order valence-electron chi connectivity index (χ2n) is 4.34. The van der Waals surface area contributed by atoms with Crippen LogP contribution in [0, 0.1) is 17.3 Å². The zero-order valence-corrected chi connectivity index (χ0v) is 6.10. The molecule has 10 heavy (non-hydrogen) atoms. The Morgan fingerprint density at radius 2 is 2.20 bits per heavy atom. The number of Topliss-reactive ketones (excluding diaryl/α,β-unsaturated/α-hetero) is 1. The Balaban J connectivity index is 1.98. The number of carbonyl (C=O) groups excluding carboxylic acids is 1. The van der Waals surface area contributed by atoms with Gasteiger partial charge in [-0.1, -0.05) is 6.42 Å². The van der Waals surface area contributed by atoms with Gasteiger partial charge in [-0.15, -0.1) is 0 Å². The second kappa shape index (κ2) is 1.32. The van der Waals surface area contributed by atoms with Crippen LogP contribution in [0.25, 0.3) is 0 Å². The third kappa shape index (κ3) is 0.415. The SMILES string of the molecule is O=C1C[C@@]12CC1CCC2C1. The van der Waals surface area contributed by atoms with E-state index < -0.39 is 0 Å². The molecule has 1 spiro atoms.